The van der Waals surface area contributed by atoms with Gasteiger partial charge in [0.15, 0.2) is 0 Å². The number of rotatable bonds is 3. The Bertz CT molecular complexity index is 571. The highest BCUT2D eigenvalue weighted by Gasteiger charge is 2.30. The van der Waals surface area contributed by atoms with E-state index in [1.807, 2.05) is 36.9 Å². The Morgan fingerprint density at radius 3 is 2.45 bits per heavy atom. The van der Waals surface area contributed by atoms with Crippen LogP contribution in [0.1, 0.15) is 36.1 Å². The van der Waals surface area contributed by atoms with Gasteiger partial charge in [-0.1, -0.05) is 23.8 Å². The second kappa shape index (κ2) is 6.92. The van der Waals surface area contributed by atoms with Crippen LogP contribution in [0.3, 0.4) is 0 Å². The molecule has 1 aromatic carbocycles. The number of nitrogens with zero attached hydrogens (tertiary/aromatic N) is 2. The highest BCUT2D eigenvalue weighted by Crippen LogP contribution is 2.26. The van der Waals surface area contributed by atoms with Crippen molar-refractivity contribution < 1.29 is 14.7 Å². The number of carbonyl (C=O) groups is 2. The first kappa shape index (κ1) is 16.5. The number of carboxylic acid groups (broad SMARTS) is 1. The number of aryl methyl sites for hydroxylation is 2. The zero-order chi connectivity index (χ0) is 16.3. The standard InChI is InChI=1S/C17H24N2O3/c1-12-5-6-15(13(2)11-12)16(17(21)22)19-8-4-7-18(9-10-19)14(3)20/h5-6,11,16H,4,7-10H2,1-3H3,(H,21,22)/t16-/m0/s1. The third-order valence-corrected chi connectivity index (χ3v) is 4.29. The molecule has 0 aliphatic carbocycles. The van der Waals surface area contributed by atoms with Crippen molar-refractivity contribution in [3.63, 3.8) is 0 Å². The van der Waals surface area contributed by atoms with Gasteiger partial charge in [0.05, 0.1) is 0 Å². The Kier molecular flexibility index (Phi) is 5.19. The van der Waals surface area contributed by atoms with E-state index in [-0.39, 0.29) is 5.91 Å². The number of amides is 1. The Balaban J connectivity index is 2.24. The van der Waals surface area contributed by atoms with E-state index in [1.165, 1.54) is 0 Å². The van der Waals surface area contributed by atoms with E-state index in [1.54, 1.807) is 11.8 Å². The predicted molar refractivity (Wildman–Crippen MR) is 84.7 cm³/mol. The van der Waals surface area contributed by atoms with Gasteiger partial charge in [-0.3, -0.25) is 14.5 Å². The molecule has 0 bridgehead atoms. The van der Waals surface area contributed by atoms with Crippen LogP contribution in [0.15, 0.2) is 18.2 Å². The van der Waals surface area contributed by atoms with Crippen LogP contribution in [-0.4, -0.2) is 53.0 Å². The van der Waals surface area contributed by atoms with Gasteiger partial charge in [0.25, 0.3) is 0 Å². The number of carbonyl (C=O) groups excluding carboxylic acids is 1. The number of aliphatic carboxylic acids is 1. The minimum atomic E-state index is -0.830. The van der Waals surface area contributed by atoms with Crippen LogP contribution in [0.2, 0.25) is 0 Å². The van der Waals surface area contributed by atoms with Crippen molar-refractivity contribution in [2.45, 2.75) is 33.2 Å². The van der Waals surface area contributed by atoms with Gasteiger partial charge in [0, 0.05) is 33.1 Å². The number of benzene rings is 1. The molecule has 22 heavy (non-hydrogen) atoms. The molecular weight excluding hydrogens is 280 g/mol. The first-order valence-electron chi connectivity index (χ1n) is 7.69. The third kappa shape index (κ3) is 3.65. The predicted octanol–water partition coefficient (Wildman–Crippen LogP) is 1.98. The lowest BCUT2D eigenvalue weighted by atomic mass is 9.98. The topological polar surface area (TPSA) is 60.9 Å². The van der Waals surface area contributed by atoms with Gasteiger partial charge >= 0.3 is 5.97 Å². The molecule has 0 radical (unpaired) electrons. The molecule has 1 heterocycles. The number of hydrogen-bond acceptors (Lipinski definition) is 3. The van der Waals surface area contributed by atoms with E-state index >= 15 is 0 Å². The second-order valence-electron chi connectivity index (χ2n) is 6.00. The lowest BCUT2D eigenvalue weighted by Crippen LogP contribution is -2.38. The summed E-state index contributed by atoms with van der Waals surface area (Å²) in [4.78, 5) is 27.1. The van der Waals surface area contributed by atoms with Crippen molar-refractivity contribution >= 4 is 11.9 Å². The molecule has 1 saturated heterocycles. The molecule has 1 aliphatic heterocycles. The molecule has 5 heteroatoms. The molecule has 1 aromatic rings. The SMILES string of the molecule is CC(=O)N1CCCN([C@H](C(=O)O)c2ccc(C)cc2C)CC1. The van der Waals surface area contributed by atoms with E-state index in [9.17, 15) is 14.7 Å². The van der Waals surface area contributed by atoms with Crippen molar-refractivity contribution in [2.24, 2.45) is 0 Å². The molecule has 1 amide bonds. The molecule has 0 spiro atoms. The zero-order valence-electron chi connectivity index (χ0n) is 13.5. The molecule has 120 valence electrons. The van der Waals surface area contributed by atoms with Crippen molar-refractivity contribution in [3.8, 4) is 0 Å². The van der Waals surface area contributed by atoms with E-state index in [0.717, 1.165) is 23.1 Å². The van der Waals surface area contributed by atoms with Gasteiger partial charge < -0.3 is 10.0 Å². The number of carboxylic acids is 1. The summed E-state index contributed by atoms with van der Waals surface area (Å²) in [5.74, 6) is -0.775. The molecule has 2 rings (SSSR count). The molecule has 5 nitrogen and oxygen atoms in total. The number of hydrogen-bond donors (Lipinski definition) is 1. The van der Waals surface area contributed by atoms with Crippen LogP contribution in [0.25, 0.3) is 0 Å². The van der Waals surface area contributed by atoms with Crippen molar-refractivity contribution in [3.05, 3.63) is 34.9 Å². The van der Waals surface area contributed by atoms with E-state index in [4.69, 9.17) is 0 Å². The highest BCUT2D eigenvalue weighted by atomic mass is 16.4. The zero-order valence-corrected chi connectivity index (χ0v) is 13.5. The molecule has 0 saturated carbocycles. The first-order chi connectivity index (χ1) is 10.4. The van der Waals surface area contributed by atoms with Gasteiger partial charge in [0.1, 0.15) is 6.04 Å². The molecular formula is C17H24N2O3. The van der Waals surface area contributed by atoms with Crippen LogP contribution in [0.5, 0.6) is 0 Å². The summed E-state index contributed by atoms with van der Waals surface area (Å²) in [6.45, 7) is 8.09. The maximum Gasteiger partial charge on any atom is 0.325 e. The van der Waals surface area contributed by atoms with Gasteiger partial charge in [0.2, 0.25) is 5.91 Å². The normalized spacial score (nSPS) is 17.9. The van der Waals surface area contributed by atoms with E-state index in [2.05, 4.69) is 0 Å². The lowest BCUT2D eigenvalue weighted by Gasteiger charge is -2.29. The summed E-state index contributed by atoms with van der Waals surface area (Å²) in [7, 11) is 0. The van der Waals surface area contributed by atoms with Crippen LogP contribution < -0.4 is 0 Å². The van der Waals surface area contributed by atoms with Crippen molar-refractivity contribution in [1.82, 2.24) is 9.80 Å². The summed E-state index contributed by atoms with van der Waals surface area (Å²) < 4.78 is 0. The molecule has 1 aliphatic rings. The smallest absolute Gasteiger partial charge is 0.325 e. The average molecular weight is 304 g/mol. The van der Waals surface area contributed by atoms with Gasteiger partial charge in [-0.15, -0.1) is 0 Å². The first-order valence-corrected chi connectivity index (χ1v) is 7.69. The maximum atomic E-state index is 11.8. The minimum absolute atomic E-state index is 0.0558. The Morgan fingerprint density at radius 2 is 1.86 bits per heavy atom. The van der Waals surface area contributed by atoms with Crippen LogP contribution in [0, 0.1) is 13.8 Å². The van der Waals surface area contributed by atoms with Gasteiger partial charge in [-0.25, -0.2) is 0 Å². The summed E-state index contributed by atoms with van der Waals surface area (Å²) >= 11 is 0. The minimum Gasteiger partial charge on any atom is -0.480 e. The monoisotopic (exact) mass is 304 g/mol. The fourth-order valence-corrected chi connectivity index (χ4v) is 3.13. The summed E-state index contributed by atoms with van der Waals surface area (Å²) in [6, 6.07) is 5.24. The lowest BCUT2D eigenvalue weighted by molar-refractivity contribution is -0.143. The fraction of sp³-hybridized carbons (Fsp3) is 0.529. The Labute approximate surface area is 131 Å². The van der Waals surface area contributed by atoms with Crippen molar-refractivity contribution in [2.75, 3.05) is 26.2 Å². The summed E-state index contributed by atoms with van der Waals surface area (Å²) in [5, 5.41) is 9.72. The second-order valence-corrected chi connectivity index (χ2v) is 6.00. The molecule has 1 N–H and O–H groups in total. The van der Waals surface area contributed by atoms with Crippen LogP contribution >= 0.6 is 0 Å². The Hall–Kier alpha value is -1.88. The third-order valence-electron chi connectivity index (χ3n) is 4.29. The van der Waals surface area contributed by atoms with E-state index < -0.39 is 12.0 Å². The maximum absolute atomic E-state index is 11.8. The molecule has 0 aromatic heterocycles. The van der Waals surface area contributed by atoms with Crippen molar-refractivity contribution in [1.29, 1.82) is 0 Å². The van der Waals surface area contributed by atoms with Gasteiger partial charge in [-0.05, 0) is 31.4 Å². The average Bonchev–Trinajstić information content (AvgIpc) is 2.67. The summed E-state index contributed by atoms with van der Waals surface area (Å²) in [6.07, 6.45) is 0.800. The van der Waals surface area contributed by atoms with E-state index in [0.29, 0.717) is 26.2 Å². The molecule has 1 fully saturated rings. The largest absolute Gasteiger partial charge is 0.480 e. The van der Waals surface area contributed by atoms with Crippen LogP contribution in [0.4, 0.5) is 0 Å². The molecule has 0 unspecified atom stereocenters. The summed E-state index contributed by atoms with van der Waals surface area (Å²) in [5.41, 5.74) is 2.97. The Morgan fingerprint density at radius 1 is 1.14 bits per heavy atom. The highest BCUT2D eigenvalue weighted by molar-refractivity contribution is 5.76. The van der Waals surface area contributed by atoms with Gasteiger partial charge in [-0.2, -0.15) is 0 Å². The fourth-order valence-electron chi connectivity index (χ4n) is 3.13. The van der Waals surface area contributed by atoms with Crippen LogP contribution in [-0.2, 0) is 9.59 Å². The quantitative estimate of drug-likeness (QED) is 0.927. The molecule has 1 atom stereocenters.